The molecule has 0 bridgehead atoms. The SMILES string of the molecule is CNCc1ccc(OC/C=C/c2ccccc2)nc1C. The zero-order valence-electron chi connectivity index (χ0n) is 12.0. The highest BCUT2D eigenvalue weighted by atomic mass is 16.5. The first-order valence-corrected chi connectivity index (χ1v) is 6.75. The molecule has 0 fully saturated rings. The van der Waals surface area contributed by atoms with Gasteiger partial charge >= 0.3 is 0 Å². The minimum absolute atomic E-state index is 0.521. The molecule has 1 heterocycles. The fourth-order valence-corrected chi connectivity index (χ4v) is 1.91. The molecule has 0 saturated heterocycles. The smallest absolute Gasteiger partial charge is 0.213 e. The lowest BCUT2D eigenvalue weighted by Gasteiger charge is -2.07. The minimum Gasteiger partial charge on any atom is -0.473 e. The van der Waals surface area contributed by atoms with E-state index in [2.05, 4.69) is 28.5 Å². The standard InChI is InChI=1S/C17H20N2O/c1-14-16(13-18-2)10-11-17(19-14)20-12-6-9-15-7-4-3-5-8-15/h3-11,18H,12-13H2,1-2H3/b9-6+. The number of nitrogens with zero attached hydrogens (tertiary/aromatic N) is 1. The van der Waals surface area contributed by atoms with Gasteiger partial charge in [0.2, 0.25) is 5.88 Å². The van der Waals surface area contributed by atoms with E-state index >= 15 is 0 Å². The lowest BCUT2D eigenvalue weighted by atomic mass is 10.2. The van der Waals surface area contributed by atoms with Crippen molar-refractivity contribution in [2.45, 2.75) is 13.5 Å². The summed E-state index contributed by atoms with van der Waals surface area (Å²) in [5.41, 5.74) is 3.37. The third-order valence-electron chi connectivity index (χ3n) is 2.97. The summed E-state index contributed by atoms with van der Waals surface area (Å²) < 4.78 is 5.62. The van der Waals surface area contributed by atoms with Crippen LogP contribution in [0.15, 0.2) is 48.5 Å². The Balaban J connectivity index is 1.88. The molecule has 3 heteroatoms. The first-order chi connectivity index (χ1) is 9.79. The van der Waals surface area contributed by atoms with Crippen LogP contribution < -0.4 is 10.1 Å². The second-order valence-electron chi connectivity index (χ2n) is 4.55. The second kappa shape index (κ2) is 7.46. The molecule has 1 aromatic heterocycles. The monoisotopic (exact) mass is 268 g/mol. The van der Waals surface area contributed by atoms with Gasteiger partial charge in [-0.15, -0.1) is 0 Å². The van der Waals surface area contributed by atoms with Gasteiger partial charge in [-0.25, -0.2) is 4.98 Å². The van der Waals surface area contributed by atoms with E-state index in [1.54, 1.807) is 0 Å². The van der Waals surface area contributed by atoms with Crippen LogP contribution in [-0.2, 0) is 6.54 Å². The van der Waals surface area contributed by atoms with Crippen molar-refractivity contribution >= 4 is 6.08 Å². The molecule has 0 unspecified atom stereocenters. The van der Waals surface area contributed by atoms with Crippen molar-refractivity contribution in [2.24, 2.45) is 0 Å². The number of hydrogen-bond acceptors (Lipinski definition) is 3. The Labute approximate surface area is 120 Å². The van der Waals surface area contributed by atoms with Crippen molar-refractivity contribution in [3.05, 3.63) is 65.4 Å². The lowest BCUT2D eigenvalue weighted by molar-refractivity contribution is 0.348. The predicted molar refractivity (Wildman–Crippen MR) is 82.7 cm³/mol. The molecule has 0 aliphatic heterocycles. The molecule has 0 amide bonds. The molecular formula is C17H20N2O. The average Bonchev–Trinajstić information content (AvgIpc) is 2.48. The molecule has 3 nitrogen and oxygen atoms in total. The predicted octanol–water partition coefficient (Wildman–Crippen LogP) is 3.20. The zero-order chi connectivity index (χ0) is 14.2. The summed E-state index contributed by atoms with van der Waals surface area (Å²) in [5.74, 6) is 0.667. The van der Waals surface area contributed by atoms with Crippen molar-refractivity contribution < 1.29 is 4.74 Å². The van der Waals surface area contributed by atoms with E-state index in [1.807, 2.05) is 50.4 Å². The van der Waals surface area contributed by atoms with Crippen molar-refractivity contribution in [1.29, 1.82) is 0 Å². The van der Waals surface area contributed by atoms with Gasteiger partial charge in [0.25, 0.3) is 0 Å². The van der Waals surface area contributed by atoms with Crippen LogP contribution in [0.3, 0.4) is 0 Å². The van der Waals surface area contributed by atoms with Crippen LogP contribution in [0.4, 0.5) is 0 Å². The van der Waals surface area contributed by atoms with Crippen molar-refractivity contribution in [3.8, 4) is 5.88 Å². The number of benzene rings is 1. The molecule has 1 aromatic carbocycles. The van der Waals surface area contributed by atoms with Gasteiger partial charge in [-0.1, -0.05) is 42.5 Å². The number of rotatable bonds is 6. The third-order valence-corrected chi connectivity index (χ3v) is 2.97. The van der Waals surface area contributed by atoms with Crippen LogP contribution in [0.1, 0.15) is 16.8 Å². The number of hydrogen-bond donors (Lipinski definition) is 1. The highest BCUT2D eigenvalue weighted by Gasteiger charge is 2.01. The van der Waals surface area contributed by atoms with Gasteiger partial charge in [-0.2, -0.15) is 0 Å². The molecular weight excluding hydrogens is 248 g/mol. The van der Waals surface area contributed by atoms with E-state index in [9.17, 15) is 0 Å². The molecule has 0 saturated carbocycles. The van der Waals surface area contributed by atoms with E-state index < -0.39 is 0 Å². The van der Waals surface area contributed by atoms with E-state index in [1.165, 1.54) is 11.1 Å². The molecule has 2 aromatic rings. The van der Waals surface area contributed by atoms with Gasteiger partial charge in [-0.05, 0) is 31.2 Å². The Bertz CT molecular complexity index is 564. The molecule has 0 spiro atoms. The van der Waals surface area contributed by atoms with Crippen LogP contribution in [0.2, 0.25) is 0 Å². The van der Waals surface area contributed by atoms with Crippen LogP contribution in [0.25, 0.3) is 6.08 Å². The van der Waals surface area contributed by atoms with Gasteiger partial charge < -0.3 is 10.1 Å². The third kappa shape index (κ3) is 4.21. The first-order valence-electron chi connectivity index (χ1n) is 6.75. The summed E-state index contributed by atoms with van der Waals surface area (Å²) in [4.78, 5) is 4.44. The highest BCUT2D eigenvalue weighted by Crippen LogP contribution is 2.12. The van der Waals surface area contributed by atoms with Gasteiger partial charge in [0.1, 0.15) is 6.61 Å². The lowest BCUT2D eigenvalue weighted by Crippen LogP contribution is -2.08. The van der Waals surface area contributed by atoms with E-state index in [0.29, 0.717) is 12.5 Å². The molecule has 2 rings (SSSR count). The second-order valence-corrected chi connectivity index (χ2v) is 4.55. The number of aryl methyl sites for hydroxylation is 1. The Hall–Kier alpha value is -2.13. The van der Waals surface area contributed by atoms with Crippen LogP contribution in [0, 0.1) is 6.92 Å². The fraction of sp³-hybridized carbons (Fsp3) is 0.235. The van der Waals surface area contributed by atoms with Crippen molar-refractivity contribution in [1.82, 2.24) is 10.3 Å². The average molecular weight is 268 g/mol. The molecule has 0 aliphatic carbocycles. The highest BCUT2D eigenvalue weighted by molar-refractivity contribution is 5.48. The van der Waals surface area contributed by atoms with Crippen LogP contribution in [0.5, 0.6) is 5.88 Å². The maximum atomic E-state index is 5.62. The minimum atomic E-state index is 0.521. The Morgan fingerprint density at radius 1 is 1.15 bits per heavy atom. The quantitative estimate of drug-likeness (QED) is 0.873. The maximum Gasteiger partial charge on any atom is 0.213 e. The summed E-state index contributed by atoms with van der Waals surface area (Å²) in [6, 6.07) is 14.1. The van der Waals surface area contributed by atoms with E-state index in [4.69, 9.17) is 4.74 Å². The topological polar surface area (TPSA) is 34.1 Å². The molecule has 0 radical (unpaired) electrons. The van der Waals surface area contributed by atoms with Gasteiger partial charge in [0.15, 0.2) is 0 Å². The Morgan fingerprint density at radius 2 is 1.95 bits per heavy atom. The zero-order valence-corrected chi connectivity index (χ0v) is 12.0. The van der Waals surface area contributed by atoms with Gasteiger partial charge in [0.05, 0.1) is 0 Å². The molecule has 1 N–H and O–H groups in total. The number of pyridine rings is 1. The number of ether oxygens (including phenoxy) is 1. The van der Waals surface area contributed by atoms with Crippen LogP contribution in [-0.4, -0.2) is 18.6 Å². The Kier molecular flexibility index (Phi) is 5.33. The molecule has 20 heavy (non-hydrogen) atoms. The summed E-state index contributed by atoms with van der Waals surface area (Å²) in [6.45, 7) is 3.35. The normalized spacial score (nSPS) is 10.9. The van der Waals surface area contributed by atoms with Gasteiger partial charge in [-0.3, -0.25) is 0 Å². The van der Waals surface area contributed by atoms with Crippen molar-refractivity contribution in [2.75, 3.05) is 13.7 Å². The van der Waals surface area contributed by atoms with Gasteiger partial charge in [0, 0.05) is 18.3 Å². The molecule has 0 aliphatic rings. The number of nitrogens with one attached hydrogen (secondary N) is 1. The maximum absolute atomic E-state index is 5.62. The Morgan fingerprint density at radius 3 is 2.65 bits per heavy atom. The molecule has 0 atom stereocenters. The molecule has 104 valence electrons. The summed E-state index contributed by atoms with van der Waals surface area (Å²) in [7, 11) is 1.93. The summed E-state index contributed by atoms with van der Waals surface area (Å²) in [5, 5.41) is 3.12. The van der Waals surface area contributed by atoms with E-state index in [0.717, 1.165) is 12.2 Å². The number of aromatic nitrogens is 1. The summed E-state index contributed by atoms with van der Waals surface area (Å²) >= 11 is 0. The van der Waals surface area contributed by atoms with Crippen molar-refractivity contribution in [3.63, 3.8) is 0 Å². The fourth-order valence-electron chi connectivity index (χ4n) is 1.91. The van der Waals surface area contributed by atoms with E-state index in [-0.39, 0.29) is 0 Å². The van der Waals surface area contributed by atoms with Crippen LogP contribution >= 0.6 is 0 Å². The largest absolute Gasteiger partial charge is 0.473 e. The summed E-state index contributed by atoms with van der Waals surface area (Å²) in [6.07, 6.45) is 4.04. The first kappa shape index (κ1) is 14.3.